The van der Waals surface area contributed by atoms with Gasteiger partial charge in [0.1, 0.15) is 0 Å². The second-order valence-electron chi connectivity index (χ2n) is 8.23. The monoisotopic (exact) mass is 460 g/mol. The van der Waals surface area contributed by atoms with E-state index in [1.165, 1.54) is 12.3 Å². The molecule has 2 aromatic rings. The van der Waals surface area contributed by atoms with Crippen LogP contribution in [0.15, 0.2) is 41.0 Å². The third-order valence-electron chi connectivity index (χ3n) is 6.28. The Morgan fingerprint density at radius 3 is 2.03 bits per heavy atom. The standard InChI is InChI=1S/C23H26F2N4O4/c1-16(21(30)27-10-12-29(13-11-27)23(32)20-3-2-14-33-20)26-6-8-28(9-7-26)22(31)17-4-5-18(24)19(25)15-17/h2-5,14-16H,6-13H2,1H3. The van der Waals surface area contributed by atoms with Crippen LogP contribution in [-0.2, 0) is 4.79 Å². The van der Waals surface area contributed by atoms with Gasteiger partial charge in [0.25, 0.3) is 11.8 Å². The first-order chi connectivity index (χ1) is 15.8. The number of rotatable bonds is 4. The first-order valence-corrected chi connectivity index (χ1v) is 10.9. The van der Waals surface area contributed by atoms with Crippen molar-refractivity contribution < 1.29 is 27.6 Å². The molecule has 1 aromatic carbocycles. The Balaban J connectivity index is 1.26. The maximum absolute atomic E-state index is 13.5. The molecule has 8 nitrogen and oxygen atoms in total. The smallest absolute Gasteiger partial charge is 0.289 e. The number of benzene rings is 1. The summed E-state index contributed by atoms with van der Waals surface area (Å²) in [6.45, 7) is 5.40. The average molecular weight is 460 g/mol. The summed E-state index contributed by atoms with van der Waals surface area (Å²) in [7, 11) is 0. The Labute approximate surface area is 190 Å². The number of hydrogen-bond donors (Lipinski definition) is 0. The fraction of sp³-hybridized carbons (Fsp3) is 0.435. The van der Waals surface area contributed by atoms with Crippen molar-refractivity contribution in [3.63, 3.8) is 0 Å². The lowest BCUT2D eigenvalue weighted by molar-refractivity contribution is -0.138. The number of piperazine rings is 2. The van der Waals surface area contributed by atoms with Crippen molar-refractivity contribution in [3.8, 4) is 0 Å². The highest BCUT2D eigenvalue weighted by Gasteiger charge is 2.33. The summed E-state index contributed by atoms with van der Waals surface area (Å²) in [6.07, 6.45) is 1.46. The van der Waals surface area contributed by atoms with Crippen LogP contribution in [0, 0.1) is 11.6 Å². The lowest BCUT2D eigenvalue weighted by Crippen LogP contribution is -2.58. The number of nitrogens with zero attached hydrogens (tertiary/aromatic N) is 4. The van der Waals surface area contributed by atoms with E-state index in [1.54, 1.807) is 26.8 Å². The average Bonchev–Trinajstić information content (AvgIpc) is 3.39. The van der Waals surface area contributed by atoms with Gasteiger partial charge in [0.05, 0.1) is 12.3 Å². The highest BCUT2D eigenvalue weighted by atomic mass is 19.2. The molecule has 176 valence electrons. The second kappa shape index (κ2) is 9.70. The number of halogens is 2. The number of furan rings is 1. The summed E-state index contributed by atoms with van der Waals surface area (Å²) >= 11 is 0. The lowest BCUT2D eigenvalue weighted by Gasteiger charge is -2.41. The van der Waals surface area contributed by atoms with Gasteiger partial charge in [-0.1, -0.05) is 0 Å². The fourth-order valence-electron chi connectivity index (χ4n) is 4.23. The van der Waals surface area contributed by atoms with Crippen LogP contribution >= 0.6 is 0 Å². The summed E-state index contributed by atoms with van der Waals surface area (Å²) in [5, 5.41) is 0. The Morgan fingerprint density at radius 2 is 1.42 bits per heavy atom. The number of carbonyl (C=O) groups is 3. The molecule has 0 spiro atoms. The molecule has 10 heteroatoms. The molecule has 3 amide bonds. The van der Waals surface area contributed by atoms with Crippen LogP contribution in [-0.4, -0.2) is 95.7 Å². The molecule has 1 atom stereocenters. The van der Waals surface area contributed by atoms with E-state index in [-0.39, 0.29) is 29.3 Å². The summed E-state index contributed by atoms with van der Waals surface area (Å²) < 4.78 is 31.8. The van der Waals surface area contributed by atoms with Gasteiger partial charge >= 0.3 is 0 Å². The molecule has 3 heterocycles. The molecular formula is C23H26F2N4O4. The normalized spacial score (nSPS) is 18.3. The molecule has 2 aliphatic heterocycles. The molecule has 4 rings (SSSR count). The van der Waals surface area contributed by atoms with Gasteiger partial charge < -0.3 is 19.1 Å². The van der Waals surface area contributed by atoms with E-state index in [4.69, 9.17) is 4.42 Å². The zero-order chi connectivity index (χ0) is 23.5. The molecule has 0 radical (unpaired) electrons. The third kappa shape index (κ3) is 4.90. The molecule has 1 unspecified atom stereocenters. The van der Waals surface area contributed by atoms with Gasteiger partial charge in [0.15, 0.2) is 17.4 Å². The van der Waals surface area contributed by atoms with E-state index in [0.29, 0.717) is 58.1 Å². The van der Waals surface area contributed by atoms with Crippen LogP contribution < -0.4 is 0 Å². The van der Waals surface area contributed by atoms with E-state index in [9.17, 15) is 23.2 Å². The van der Waals surface area contributed by atoms with Crippen molar-refractivity contribution in [1.82, 2.24) is 19.6 Å². The Kier molecular flexibility index (Phi) is 6.73. The molecule has 0 bridgehead atoms. The molecule has 2 fully saturated rings. The van der Waals surface area contributed by atoms with E-state index in [0.717, 1.165) is 12.1 Å². The van der Waals surface area contributed by atoms with Crippen molar-refractivity contribution in [2.45, 2.75) is 13.0 Å². The molecule has 2 saturated heterocycles. The van der Waals surface area contributed by atoms with Gasteiger partial charge in [-0.3, -0.25) is 19.3 Å². The number of amides is 3. The maximum Gasteiger partial charge on any atom is 0.289 e. The van der Waals surface area contributed by atoms with Crippen molar-refractivity contribution in [1.29, 1.82) is 0 Å². The maximum atomic E-state index is 13.5. The van der Waals surface area contributed by atoms with Gasteiger partial charge in [-0.25, -0.2) is 8.78 Å². The van der Waals surface area contributed by atoms with Gasteiger partial charge in [0, 0.05) is 57.9 Å². The van der Waals surface area contributed by atoms with Crippen molar-refractivity contribution in [2.24, 2.45) is 0 Å². The van der Waals surface area contributed by atoms with Crippen LogP contribution in [0.5, 0.6) is 0 Å². The first-order valence-electron chi connectivity index (χ1n) is 10.9. The predicted octanol–water partition coefficient (Wildman–Crippen LogP) is 1.69. The fourth-order valence-corrected chi connectivity index (χ4v) is 4.23. The molecule has 2 aliphatic rings. The highest BCUT2D eigenvalue weighted by molar-refractivity contribution is 5.94. The summed E-state index contributed by atoms with van der Waals surface area (Å²) in [6, 6.07) is 6.06. The van der Waals surface area contributed by atoms with Gasteiger partial charge in [-0.2, -0.15) is 0 Å². The highest BCUT2D eigenvalue weighted by Crippen LogP contribution is 2.16. The zero-order valence-corrected chi connectivity index (χ0v) is 18.4. The molecule has 33 heavy (non-hydrogen) atoms. The Morgan fingerprint density at radius 1 is 0.818 bits per heavy atom. The SMILES string of the molecule is CC(C(=O)N1CCN(C(=O)c2ccco2)CC1)N1CCN(C(=O)c2ccc(F)c(F)c2)CC1. The second-order valence-corrected chi connectivity index (χ2v) is 8.23. The quantitative estimate of drug-likeness (QED) is 0.694. The summed E-state index contributed by atoms with van der Waals surface area (Å²) in [5.41, 5.74) is 0.105. The molecular weight excluding hydrogens is 434 g/mol. The van der Waals surface area contributed by atoms with E-state index >= 15 is 0 Å². The van der Waals surface area contributed by atoms with Gasteiger partial charge in [-0.15, -0.1) is 0 Å². The summed E-state index contributed by atoms with van der Waals surface area (Å²) in [5.74, 6) is -2.30. The molecule has 0 N–H and O–H groups in total. The van der Waals surface area contributed by atoms with Crippen LogP contribution in [0.25, 0.3) is 0 Å². The largest absolute Gasteiger partial charge is 0.459 e. The topological polar surface area (TPSA) is 77.3 Å². The predicted molar refractivity (Wildman–Crippen MR) is 114 cm³/mol. The van der Waals surface area contributed by atoms with E-state index in [2.05, 4.69) is 0 Å². The minimum absolute atomic E-state index is 0.0134. The van der Waals surface area contributed by atoms with Crippen LogP contribution in [0.4, 0.5) is 8.78 Å². The Bertz CT molecular complexity index is 1010. The van der Waals surface area contributed by atoms with E-state index < -0.39 is 11.6 Å². The van der Waals surface area contributed by atoms with Crippen molar-refractivity contribution in [3.05, 3.63) is 59.6 Å². The van der Waals surface area contributed by atoms with Crippen LogP contribution in [0.1, 0.15) is 27.8 Å². The minimum atomic E-state index is -1.05. The number of hydrogen-bond acceptors (Lipinski definition) is 5. The minimum Gasteiger partial charge on any atom is -0.459 e. The summed E-state index contributed by atoms with van der Waals surface area (Å²) in [4.78, 5) is 45.0. The van der Waals surface area contributed by atoms with Crippen LogP contribution in [0.2, 0.25) is 0 Å². The van der Waals surface area contributed by atoms with Crippen molar-refractivity contribution in [2.75, 3.05) is 52.4 Å². The Hall–Kier alpha value is -3.27. The van der Waals surface area contributed by atoms with Gasteiger partial charge in [-0.05, 0) is 37.3 Å². The lowest BCUT2D eigenvalue weighted by atomic mass is 10.1. The van der Waals surface area contributed by atoms with Gasteiger partial charge in [0.2, 0.25) is 5.91 Å². The number of carbonyl (C=O) groups excluding carboxylic acids is 3. The first kappa shape index (κ1) is 22.9. The van der Waals surface area contributed by atoms with E-state index in [1.807, 2.05) is 11.8 Å². The molecule has 0 saturated carbocycles. The van der Waals surface area contributed by atoms with Crippen molar-refractivity contribution >= 4 is 17.7 Å². The zero-order valence-electron chi connectivity index (χ0n) is 18.4. The molecule has 1 aromatic heterocycles. The van der Waals surface area contributed by atoms with Crippen LogP contribution in [0.3, 0.4) is 0 Å². The molecule has 0 aliphatic carbocycles. The third-order valence-corrected chi connectivity index (χ3v) is 6.28.